The quantitative estimate of drug-likeness (QED) is 0.536. The summed E-state index contributed by atoms with van der Waals surface area (Å²) >= 11 is -2.44. The van der Waals surface area contributed by atoms with Crippen LogP contribution in [0.1, 0.15) is 5.56 Å². The van der Waals surface area contributed by atoms with Crippen LogP contribution in [0.25, 0.3) is 10.8 Å². The van der Waals surface area contributed by atoms with Gasteiger partial charge in [0.2, 0.25) is 0 Å². The highest BCUT2D eigenvalue weighted by atomic mass is 32.2. The van der Waals surface area contributed by atoms with Crippen LogP contribution in [-0.4, -0.2) is 8.76 Å². The standard InChI is InChI=1S/C17H15N3O3S/c18-11-12-5-8-14(9-6-12)19-20-17-15-4-2-1-3-13(15)7-10-16(17)23-24(21)22/h1-10H,11,18H2,(H,21,22). The predicted octanol–water partition coefficient (Wildman–Crippen LogP) is 4.23. The summed E-state index contributed by atoms with van der Waals surface area (Å²) in [7, 11) is 0. The molecule has 0 spiro atoms. The summed E-state index contributed by atoms with van der Waals surface area (Å²) in [5.74, 6) is 0.192. The van der Waals surface area contributed by atoms with Crippen LogP contribution in [0, 0.1) is 0 Å². The van der Waals surface area contributed by atoms with Crippen molar-refractivity contribution in [2.75, 3.05) is 0 Å². The van der Waals surface area contributed by atoms with E-state index in [1.165, 1.54) is 0 Å². The second-order valence-electron chi connectivity index (χ2n) is 5.00. The summed E-state index contributed by atoms with van der Waals surface area (Å²) < 4.78 is 25.0. The smallest absolute Gasteiger partial charge is 0.357 e. The SMILES string of the molecule is NCc1ccc(N=Nc2c(OS(=O)O)ccc3ccccc23)cc1. The van der Waals surface area contributed by atoms with E-state index in [1.807, 2.05) is 48.5 Å². The molecular formula is C17H15N3O3S. The maximum Gasteiger partial charge on any atom is 0.357 e. The summed E-state index contributed by atoms with van der Waals surface area (Å²) in [6.07, 6.45) is 0. The Bertz CT molecular complexity index is 911. The maximum absolute atomic E-state index is 11.0. The van der Waals surface area contributed by atoms with Gasteiger partial charge >= 0.3 is 11.4 Å². The van der Waals surface area contributed by atoms with Crippen molar-refractivity contribution in [2.45, 2.75) is 6.54 Å². The third-order valence-corrected chi connectivity index (χ3v) is 3.78. The van der Waals surface area contributed by atoms with Crippen LogP contribution in [0.15, 0.2) is 70.9 Å². The van der Waals surface area contributed by atoms with Gasteiger partial charge in [-0.25, -0.2) is 0 Å². The molecule has 122 valence electrons. The molecule has 0 aliphatic rings. The molecule has 0 heterocycles. The first-order valence-electron chi connectivity index (χ1n) is 7.19. The Morgan fingerprint density at radius 2 is 1.75 bits per heavy atom. The molecule has 0 radical (unpaired) electrons. The molecule has 0 bridgehead atoms. The average Bonchev–Trinajstić information content (AvgIpc) is 2.60. The van der Waals surface area contributed by atoms with Crippen LogP contribution in [-0.2, 0) is 17.9 Å². The predicted molar refractivity (Wildman–Crippen MR) is 93.9 cm³/mol. The summed E-state index contributed by atoms with van der Waals surface area (Å²) in [5, 5.41) is 10.1. The second-order valence-corrected chi connectivity index (χ2v) is 5.61. The summed E-state index contributed by atoms with van der Waals surface area (Å²) in [5.41, 5.74) is 7.62. The van der Waals surface area contributed by atoms with Crippen molar-refractivity contribution in [1.29, 1.82) is 0 Å². The lowest BCUT2D eigenvalue weighted by atomic mass is 10.1. The number of azo groups is 1. The zero-order chi connectivity index (χ0) is 16.9. The molecule has 0 amide bonds. The van der Waals surface area contributed by atoms with Crippen molar-refractivity contribution in [3.63, 3.8) is 0 Å². The number of nitrogens with two attached hydrogens (primary N) is 1. The van der Waals surface area contributed by atoms with Crippen LogP contribution >= 0.6 is 0 Å². The fourth-order valence-electron chi connectivity index (χ4n) is 2.29. The van der Waals surface area contributed by atoms with Crippen LogP contribution < -0.4 is 9.92 Å². The van der Waals surface area contributed by atoms with Gasteiger partial charge in [-0.1, -0.05) is 42.5 Å². The fourth-order valence-corrected chi connectivity index (χ4v) is 2.58. The highest BCUT2D eigenvalue weighted by Crippen LogP contribution is 2.37. The van der Waals surface area contributed by atoms with Crippen molar-refractivity contribution in [2.24, 2.45) is 16.0 Å². The number of rotatable bonds is 5. The Balaban J connectivity index is 2.04. The van der Waals surface area contributed by atoms with Gasteiger partial charge < -0.3 is 9.92 Å². The Kier molecular flexibility index (Phi) is 4.95. The van der Waals surface area contributed by atoms with Gasteiger partial charge in [0.05, 0.1) is 5.69 Å². The summed E-state index contributed by atoms with van der Waals surface area (Å²) in [6, 6.07) is 18.3. The van der Waals surface area contributed by atoms with Gasteiger partial charge in [-0.2, -0.15) is 9.32 Å². The van der Waals surface area contributed by atoms with Crippen molar-refractivity contribution >= 4 is 33.5 Å². The topological polar surface area (TPSA) is 97.3 Å². The third-order valence-electron chi connectivity index (χ3n) is 3.46. The molecule has 7 heteroatoms. The molecule has 24 heavy (non-hydrogen) atoms. The monoisotopic (exact) mass is 341 g/mol. The van der Waals surface area contributed by atoms with Gasteiger partial charge in [-0.05, 0) is 29.1 Å². The molecule has 0 saturated heterocycles. The molecule has 3 rings (SSSR count). The largest absolute Gasteiger partial charge is 0.378 e. The third kappa shape index (κ3) is 3.65. The van der Waals surface area contributed by atoms with Crippen LogP contribution in [0.5, 0.6) is 5.75 Å². The lowest BCUT2D eigenvalue weighted by Gasteiger charge is -2.07. The Hall–Kier alpha value is -2.61. The Labute approximate surface area is 141 Å². The maximum atomic E-state index is 11.0. The zero-order valence-electron chi connectivity index (χ0n) is 12.6. The number of hydrogen-bond acceptors (Lipinski definition) is 5. The molecule has 1 unspecified atom stereocenters. The molecule has 3 aromatic carbocycles. The number of fused-ring (bicyclic) bond motifs is 1. The first kappa shape index (κ1) is 16.3. The second kappa shape index (κ2) is 7.31. The van der Waals surface area contributed by atoms with Crippen LogP contribution in [0.2, 0.25) is 0 Å². The lowest BCUT2D eigenvalue weighted by molar-refractivity contribution is 0.458. The first-order valence-corrected chi connectivity index (χ1v) is 8.22. The average molecular weight is 341 g/mol. The van der Waals surface area contributed by atoms with E-state index >= 15 is 0 Å². The number of nitrogens with zero attached hydrogens (tertiary/aromatic N) is 2. The Morgan fingerprint density at radius 1 is 1.00 bits per heavy atom. The molecule has 0 saturated carbocycles. The lowest BCUT2D eigenvalue weighted by Crippen LogP contribution is -1.97. The molecule has 0 aliphatic heterocycles. The minimum Gasteiger partial charge on any atom is -0.378 e. The highest BCUT2D eigenvalue weighted by molar-refractivity contribution is 7.74. The number of benzene rings is 3. The van der Waals surface area contributed by atoms with Crippen LogP contribution in [0.4, 0.5) is 11.4 Å². The van der Waals surface area contributed by atoms with E-state index in [0.717, 1.165) is 16.3 Å². The zero-order valence-corrected chi connectivity index (χ0v) is 13.4. The first-order chi connectivity index (χ1) is 11.7. The molecule has 0 aromatic heterocycles. The molecule has 0 aliphatic carbocycles. The molecule has 1 atom stereocenters. The van der Waals surface area contributed by atoms with Gasteiger partial charge in [-0.15, -0.1) is 5.11 Å². The van der Waals surface area contributed by atoms with Gasteiger partial charge in [0.1, 0.15) is 5.69 Å². The van der Waals surface area contributed by atoms with Gasteiger partial charge in [-0.3, -0.25) is 4.55 Å². The van der Waals surface area contributed by atoms with E-state index in [9.17, 15) is 4.21 Å². The fraction of sp³-hybridized carbons (Fsp3) is 0.0588. The van der Waals surface area contributed by atoms with Crippen molar-refractivity contribution in [1.82, 2.24) is 0 Å². The normalized spacial score (nSPS) is 12.6. The van der Waals surface area contributed by atoms with E-state index in [0.29, 0.717) is 17.9 Å². The molecule has 6 nitrogen and oxygen atoms in total. The minimum absolute atomic E-state index is 0.192. The molecular weight excluding hydrogens is 326 g/mol. The highest BCUT2D eigenvalue weighted by Gasteiger charge is 2.11. The van der Waals surface area contributed by atoms with Crippen LogP contribution in [0.3, 0.4) is 0 Å². The van der Waals surface area contributed by atoms with Crippen molar-refractivity contribution < 1.29 is 12.9 Å². The van der Waals surface area contributed by atoms with E-state index < -0.39 is 11.4 Å². The summed E-state index contributed by atoms with van der Waals surface area (Å²) in [6.45, 7) is 0.459. The number of hydrogen-bond donors (Lipinski definition) is 2. The molecule has 0 fully saturated rings. The van der Waals surface area contributed by atoms with Gasteiger partial charge in [0.25, 0.3) is 0 Å². The van der Waals surface area contributed by atoms with E-state index in [4.69, 9.17) is 14.5 Å². The summed E-state index contributed by atoms with van der Waals surface area (Å²) in [4.78, 5) is 0. The van der Waals surface area contributed by atoms with E-state index in [2.05, 4.69) is 10.2 Å². The van der Waals surface area contributed by atoms with E-state index in [1.54, 1.807) is 12.1 Å². The van der Waals surface area contributed by atoms with Crippen molar-refractivity contribution in [3.05, 3.63) is 66.2 Å². The molecule has 3 aromatic rings. The van der Waals surface area contributed by atoms with Gasteiger partial charge in [0, 0.05) is 11.9 Å². The minimum atomic E-state index is -2.44. The Morgan fingerprint density at radius 3 is 2.46 bits per heavy atom. The van der Waals surface area contributed by atoms with Gasteiger partial charge in [0.15, 0.2) is 5.75 Å². The van der Waals surface area contributed by atoms with E-state index in [-0.39, 0.29) is 5.75 Å². The van der Waals surface area contributed by atoms with Crippen molar-refractivity contribution in [3.8, 4) is 5.75 Å². The molecule has 3 N–H and O–H groups in total.